The maximum absolute atomic E-state index is 13.4. The Balaban J connectivity index is 1.80. The molecule has 0 radical (unpaired) electrons. The van der Waals surface area contributed by atoms with Gasteiger partial charge in [-0.3, -0.25) is 23.5 Å². The standard InChI is InChI=1S/C19H15F2N3O4/c1-28-14-5-2-12(3-6-14)22-17(25)11-23-8-9-24(19(27)18(23)26)13-4-7-15(20)16(21)10-13/h2-10H,11H2,1H3,(H,22,25). The van der Waals surface area contributed by atoms with Gasteiger partial charge < -0.3 is 10.1 Å². The second-order valence-electron chi connectivity index (χ2n) is 5.78. The first-order valence-electron chi connectivity index (χ1n) is 8.10. The van der Waals surface area contributed by atoms with E-state index in [2.05, 4.69) is 5.32 Å². The Labute approximate surface area is 157 Å². The number of anilines is 1. The minimum absolute atomic E-state index is 0.00386. The van der Waals surface area contributed by atoms with E-state index in [4.69, 9.17) is 4.74 Å². The van der Waals surface area contributed by atoms with E-state index in [1.54, 1.807) is 24.3 Å². The molecule has 0 bridgehead atoms. The molecule has 1 N–H and O–H groups in total. The Bertz CT molecular complexity index is 1140. The fraction of sp³-hybridized carbons (Fsp3) is 0.105. The molecule has 7 nitrogen and oxygen atoms in total. The first-order valence-corrected chi connectivity index (χ1v) is 8.10. The molecule has 1 heterocycles. The lowest BCUT2D eigenvalue weighted by Crippen LogP contribution is -2.41. The largest absolute Gasteiger partial charge is 0.497 e. The molecule has 0 atom stereocenters. The maximum Gasteiger partial charge on any atom is 0.320 e. The molecule has 9 heteroatoms. The summed E-state index contributed by atoms with van der Waals surface area (Å²) in [5.41, 5.74) is -1.48. The maximum atomic E-state index is 13.4. The predicted molar refractivity (Wildman–Crippen MR) is 97.8 cm³/mol. The van der Waals surface area contributed by atoms with Crippen LogP contribution in [0.2, 0.25) is 0 Å². The first-order chi connectivity index (χ1) is 13.4. The van der Waals surface area contributed by atoms with E-state index >= 15 is 0 Å². The number of aromatic nitrogens is 2. The van der Waals surface area contributed by atoms with E-state index < -0.39 is 35.2 Å². The van der Waals surface area contributed by atoms with Gasteiger partial charge in [-0.1, -0.05) is 0 Å². The van der Waals surface area contributed by atoms with Crippen molar-refractivity contribution in [2.45, 2.75) is 6.54 Å². The second kappa shape index (κ2) is 7.87. The smallest absolute Gasteiger partial charge is 0.320 e. The van der Waals surface area contributed by atoms with E-state index in [1.807, 2.05) is 0 Å². The number of nitrogens with zero attached hydrogens (tertiary/aromatic N) is 2. The third-order valence-corrected chi connectivity index (χ3v) is 3.93. The van der Waals surface area contributed by atoms with Crippen molar-refractivity contribution in [3.63, 3.8) is 0 Å². The van der Waals surface area contributed by atoms with Gasteiger partial charge in [-0.25, -0.2) is 8.78 Å². The summed E-state index contributed by atoms with van der Waals surface area (Å²) in [5.74, 6) is -2.11. The van der Waals surface area contributed by atoms with Crippen LogP contribution < -0.4 is 21.2 Å². The molecule has 0 aliphatic carbocycles. The molecular weight excluding hydrogens is 372 g/mol. The molecular formula is C19H15F2N3O4. The van der Waals surface area contributed by atoms with Crippen molar-refractivity contribution in [3.05, 3.63) is 87.2 Å². The quantitative estimate of drug-likeness (QED) is 0.679. The number of nitrogens with one attached hydrogen (secondary N) is 1. The molecule has 0 aliphatic rings. The number of carbonyl (C=O) groups excluding carboxylic acids is 1. The Morgan fingerprint density at radius 1 is 1.00 bits per heavy atom. The topological polar surface area (TPSA) is 82.3 Å². The van der Waals surface area contributed by atoms with Crippen molar-refractivity contribution in [1.82, 2.24) is 9.13 Å². The van der Waals surface area contributed by atoms with E-state index in [-0.39, 0.29) is 5.69 Å². The molecule has 1 amide bonds. The van der Waals surface area contributed by atoms with Gasteiger partial charge in [-0.05, 0) is 36.4 Å². The summed E-state index contributed by atoms with van der Waals surface area (Å²) in [6, 6.07) is 9.39. The van der Waals surface area contributed by atoms with Gasteiger partial charge in [0.05, 0.1) is 12.8 Å². The molecule has 0 saturated heterocycles. The van der Waals surface area contributed by atoms with E-state index in [0.717, 1.165) is 21.3 Å². The highest BCUT2D eigenvalue weighted by Gasteiger charge is 2.12. The molecule has 0 saturated carbocycles. The van der Waals surface area contributed by atoms with Crippen LogP contribution in [-0.2, 0) is 11.3 Å². The molecule has 28 heavy (non-hydrogen) atoms. The van der Waals surface area contributed by atoms with Gasteiger partial charge in [-0.15, -0.1) is 0 Å². The van der Waals surface area contributed by atoms with Gasteiger partial charge in [0.2, 0.25) is 5.91 Å². The van der Waals surface area contributed by atoms with Crippen LogP contribution in [0, 0.1) is 11.6 Å². The van der Waals surface area contributed by atoms with Crippen molar-refractivity contribution >= 4 is 11.6 Å². The van der Waals surface area contributed by atoms with Crippen LogP contribution >= 0.6 is 0 Å². The lowest BCUT2D eigenvalue weighted by atomic mass is 10.3. The van der Waals surface area contributed by atoms with Crippen LogP contribution in [0.1, 0.15) is 0 Å². The molecule has 144 valence electrons. The number of carbonyl (C=O) groups is 1. The van der Waals surface area contributed by atoms with Crippen LogP contribution in [0.15, 0.2) is 64.4 Å². The molecule has 3 aromatic rings. The zero-order valence-electron chi connectivity index (χ0n) is 14.7. The molecule has 0 aliphatic heterocycles. The Morgan fingerprint density at radius 3 is 2.36 bits per heavy atom. The van der Waals surface area contributed by atoms with Gasteiger partial charge >= 0.3 is 11.1 Å². The Hall–Kier alpha value is -3.75. The summed E-state index contributed by atoms with van der Waals surface area (Å²) in [5, 5.41) is 2.59. The monoisotopic (exact) mass is 387 g/mol. The third kappa shape index (κ3) is 3.98. The van der Waals surface area contributed by atoms with Crippen molar-refractivity contribution in [1.29, 1.82) is 0 Å². The van der Waals surface area contributed by atoms with Gasteiger partial charge in [-0.2, -0.15) is 0 Å². The average molecular weight is 387 g/mol. The first kappa shape index (κ1) is 19.0. The summed E-state index contributed by atoms with van der Waals surface area (Å²) >= 11 is 0. The normalized spacial score (nSPS) is 10.5. The van der Waals surface area contributed by atoms with E-state index in [1.165, 1.54) is 25.6 Å². The number of hydrogen-bond acceptors (Lipinski definition) is 4. The highest BCUT2D eigenvalue weighted by atomic mass is 19.2. The molecule has 0 fully saturated rings. The van der Waals surface area contributed by atoms with Gasteiger partial charge in [0.1, 0.15) is 12.3 Å². The third-order valence-electron chi connectivity index (χ3n) is 3.93. The minimum atomic E-state index is -1.15. The number of ether oxygens (including phenoxy) is 1. The molecule has 0 spiro atoms. The van der Waals surface area contributed by atoms with Crippen molar-refractivity contribution in [2.24, 2.45) is 0 Å². The minimum Gasteiger partial charge on any atom is -0.497 e. The Kier molecular flexibility index (Phi) is 5.35. The highest BCUT2D eigenvalue weighted by Crippen LogP contribution is 2.15. The average Bonchev–Trinajstić information content (AvgIpc) is 2.68. The van der Waals surface area contributed by atoms with E-state index in [9.17, 15) is 23.2 Å². The van der Waals surface area contributed by atoms with Crippen LogP contribution in [0.3, 0.4) is 0 Å². The van der Waals surface area contributed by atoms with Gasteiger partial charge in [0.25, 0.3) is 0 Å². The number of halogens is 2. The lowest BCUT2D eigenvalue weighted by Gasteiger charge is -2.10. The lowest BCUT2D eigenvalue weighted by molar-refractivity contribution is -0.116. The second-order valence-corrected chi connectivity index (χ2v) is 5.78. The van der Waals surface area contributed by atoms with Crippen LogP contribution in [0.5, 0.6) is 5.75 Å². The summed E-state index contributed by atoms with van der Waals surface area (Å²) < 4.78 is 33.2. The van der Waals surface area contributed by atoms with Crippen LogP contribution in [-0.4, -0.2) is 22.2 Å². The molecule has 3 rings (SSSR count). The summed E-state index contributed by atoms with van der Waals surface area (Å²) in [7, 11) is 1.52. The van der Waals surface area contributed by atoms with Gasteiger partial charge in [0, 0.05) is 24.1 Å². The van der Waals surface area contributed by atoms with Crippen molar-refractivity contribution in [3.8, 4) is 11.4 Å². The fourth-order valence-corrected chi connectivity index (χ4v) is 2.50. The highest BCUT2D eigenvalue weighted by molar-refractivity contribution is 5.90. The summed E-state index contributed by atoms with van der Waals surface area (Å²) in [6.07, 6.45) is 2.43. The number of benzene rings is 2. The van der Waals surface area contributed by atoms with Crippen molar-refractivity contribution < 1.29 is 18.3 Å². The molecule has 2 aromatic carbocycles. The van der Waals surface area contributed by atoms with Crippen LogP contribution in [0.25, 0.3) is 5.69 Å². The number of rotatable bonds is 5. The number of amides is 1. The summed E-state index contributed by atoms with van der Waals surface area (Å²) in [6.45, 7) is -0.390. The fourth-order valence-electron chi connectivity index (χ4n) is 2.50. The number of methoxy groups -OCH3 is 1. The zero-order chi connectivity index (χ0) is 20.3. The van der Waals surface area contributed by atoms with Gasteiger partial charge in [0.15, 0.2) is 11.6 Å². The molecule has 1 aromatic heterocycles. The predicted octanol–water partition coefficient (Wildman–Crippen LogP) is 1.92. The Morgan fingerprint density at radius 2 is 1.71 bits per heavy atom. The van der Waals surface area contributed by atoms with E-state index in [0.29, 0.717) is 11.4 Å². The SMILES string of the molecule is COc1ccc(NC(=O)Cn2ccn(-c3ccc(F)c(F)c3)c(=O)c2=O)cc1. The zero-order valence-corrected chi connectivity index (χ0v) is 14.7. The number of hydrogen-bond donors (Lipinski definition) is 1. The van der Waals surface area contributed by atoms with Crippen LogP contribution in [0.4, 0.5) is 14.5 Å². The molecule has 0 unspecified atom stereocenters. The van der Waals surface area contributed by atoms with Crippen molar-refractivity contribution in [2.75, 3.05) is 12.4 Å². The summed E-state index contributed by atoms with van der Waals surface area (Å²) in [4.78, 5) is 36.7.